The lowest BCUT2D eigenvalue weighted by molar-refractivity contribution is 0.0936. The normalized spacial score (nSPS) is 14.4. The second kappa shape index (κ2) is 9.37. The third-order valence-electron chi connectivity index (χ3n) is 7.74. The summed E-state index contributed by atoms with van der Waals surface area (Å²) in [6, 6.07) is 19.2. The highest BCUT2D eigenvalue weighted by Crippen LogP contribution is 2.36. The maximum atomic E-state index is 13.1. The van der Waals surface area contributed by atoms with E-state index in [2.05, 4.69) is 32.5 Å². The summed E-state index contributed by atoms with van der Waals surface area (Å²) < 4.78 is 5.61. The Morgan fingerprint density at radius 1 is 0.929 bits per heavy atom. The number of fused-ring (bicyclic) bond motifs is 3. The maximum absolute atomic E-state index is 13.1. The lowest BCUT2D eigenvalue weighted by Gasteiger charge is -2.16. The number of nitrogen functional groups attached to an aromatic ring is 1. The van der Waals surface area contributed by atoms with Crippen LogP contribution in [0.25, 0.3) is 39.7 Å². The summed E-state index contributed by atoms with van der Waals surface area (Å²) in [5.41, 5.74) is 12.9. The van der Waals surface area contributed by atoms with E-state index in [1.807, 2.05) is 70.0 Å². The molecule has 11 nitrogen and oxygen atoms in total. The van der Waals surface area contributed by atoms with Gasteiger partial charge in [-0.2, -0.15) is 5.10 Å². The fourth-order valence-electron chi connectivity index (χ4n) is 5.70. The number of nitrogens with one attached hydrogen (secondary N) is 1. The van der Waals surface area contributed by atoms with Crippen LogP contribution in [0.15, 0.2) is 97.8 Å². The number of hydrogen-bond acceptors (Lipinski definition) is 7. The number of imidazole rings is 2. The van der Waals surface area contributed by atoms with E-state index in [1.54, 1.807) is 29.3 Å². The smallest absolute Gasteiger partial charge is 0.251 e. The first-order valence-corrected chi connectivity index (χ1v) is 13.6. The van der Waals surface area contributed by atoms with Crippen molar-refractivity contribution in [3.8, 4) is 22.9 Å². The van der Waals surface area contributed by atoms with Crippen LogP contribution in [0.1, 0.15) is 33.9 Å². The molecule has 6 aromatic heterocycles. The lowest BCUT2D eigenvalue weighted by atomic mass is 10.1. The number of carbonyl (C=O) groups excluding carboxylic acids is 1. The van der Waals surface area contributed by atoms with Crippen molar-refractivity contribution in [1.29, 1.82) is 0 Å². The van der Waals surface area contributed by atoms with E-state index < -0.39 is 0 Å². The molecular weight excluding hydrogens is 528 g/mol. The van der Waals surface area contributed by atoms with Gasteiger partial charge in [-0.15, -0.1) is 0 Å². The number of pyridine rings is 3. The van der Waals surface area contributed by atoms with Crippen molar-refractivity contribution in [2.75, 3.05) is 5.73 Å². The number of rotatable bonds is 5. The molecule has 0 saturated carbocycles. The molecule has 3 N–H and O–H groups in total. The van der Waals surface area contributed by atoms with Crippen LogP contribution < -0.4 is 11.1 Å². The Bertz CT molecular complexity index is 2130. The van der Waals surface area contributed by atoms with Crippen molar-refractivity contribution in [2.45, 2.75) is 18.9 Å². The molecule has 1 amide bonds. The summed E-state index contributed by atoms with van der Waals surface area (Å²) in [5.74, 6) is 1.60. The van der Waals surface area contributed by atoms with Crippen LogP contribution in [-0.2, 0) is 6.42 Å². The fourth-order valence-corrected chi connectivity index (χ4v) is 5.70. The Hall–Kier alpha value is -5.84. The number of hydrogen-bond donors (Lipinski definition) is 2. The van der Waals surface area contributed by atoms with Gasteiger partial charge in [0.05, 0.1) is 11.6 Å². The van der Waals surface area contributed by atoms with Gasteiger partial charge in [0.1, 0.15) is 17.0 Å². The molecule has 6 heterocycles. The number of nitrogens with zero attached hydrogens (tertiary/aromatic N) is 8. The van der Waals surface area contributed by atoms with Crippen molar-refractivity contribution >= 4 is 28.5 Å². The average Bonchev–Trinajstić information content (AvgIpc) is 3.83. The molecule has 7 aromatic rings. The first-order valence-electron chi connectivity index (χ1n) is 13.6. The average molecular weight is 553 g/mol. The second-order valence-corrected chi connectivity index (χ2v) is 10.2. The predicted molar refractivity (Wildman–Crippen MR) is 157 cm³/mol. The first-order chi connectivity index (χ1) is 20.6. The van der Waals surface area contributed by atoms with Gasteiger partial charge >= 0.3 is 0 Å². The number of aromatic nitrogens is 8. The van der Waals surface area contributed by atoms with E-state index in [4.69, 9.17) is 15.7 Å². The Morgan fingerprint density at radius 3 is 2.76 bits per heavy atom. The highest BCUT2D eigenvalue weighted by Gasteiger charge is 2.26. The number of carbonyl (C=O) groups is 1. The van der Waals surface area contributed by atoms with Crippen molar-refractivity contribution in [1.82, 2.24) is 44.0 Å². The molecule has 0 unspecified atom stereocenters. The van der Waals surface area contributed by atoms with Gasteiger partial charge < -0.3 is 15.5 Å². The SMILES string of the molecule is Nc1ncccc1-c1nc2ccc(-n3cccn3)nc2n1-c1ccc2c(c1)CC[C@@H]2NC(=O)c1ccn2ccnc2c1. The molecule has 11 heteroatoms. The van der Waals surface area contributed by atoms with Gasteiger partial charge in [-0.3, -0.25) is 9.36 Å². The minimum Gasteiger partial charge on any atom is -0.383 e. The molecule has 1 atom stereocenters. The lowest BCUT2D eigenvalue weighted by Crippen LogP contribution is -2.27. The molecule has 8 rings (SSSR count). The zero-order valence-electron chi connectivity index (χ0n) is 22.3. The van der Waals surface area contributed by atoms with Gasteiger partial charge in [-0.1, -0.05) is 6.07 Å². The first kappa shape index (κ1) is 24.0. The largest absolute Gasteiger partial charge is 0.383 e. The van der Waals surface area contributed by atoms with Gasteiger partial charge in [-0.25, -0.2) is 24.6 Å². The number of amides is 1. The minimum atomic E-state index is -0.118. The summed E-state index contributed by atoms with van der Waals surface area (Å²) >= 11 is 0. The van der Waals surface area contributed by atoms with Crippen LogP contribution in [0.4, 0.5) is 5.82 Å². The number of anilines is 1. The van der Waals surface area contributed by atoms with Crippen molar-refractivity contribution in [2.24, 2.45) is 0 Å². The maximum Gasteiger partial charge on any atom is 0.251 e. The second-order valence-electron chi connectivity index (χ2n) is 10.2. The quantitative estimate of drug-likeness (QED) is 0.325. The highest BCUT2D eigenvalue weighted by atomic mass is 16.1. The van der Waals surface area contributed by atoms with E-state index in [0.29, 0.717) is 28.7 Å². The topological polar surface area (TPSA) is 134 Å². The number of nitrogens with two attached hydrogens (primary N) is 1. The standard InChI is InChI=1S/C31H24N10O/c32-28-23(3-1-11-34-28)29-36-25-8-9-26(40-14-2-12-35-40)38-30(25)41(29)21-5-6-22-19(17-21)4-7-24(22)37-31(42)20-10-15-39-16-13-33-27(39)18-20/h1-3,5-6,8-18,24H,4,7H2,(H2,32,34)(H,37,42)/t24-/m0/s1. The zero-order valence-corrected chi connectivity index (χ0v) is 22.3. The van der Waals surface area contributed by atoms with Gasteiger partial charge in [-0.05, 0) is 78.6 Å². The van der Waals surface area contributed by atoms with Gasteiger partial charge in [0.2, 0.25) is 0 Å². The molecule has 0 radical (unpaired) electrons. The molecule has 0 spiro atoms. The molecule has 0 fully saturated rings. The molecule has 1 aliphatic carbocycles. The highest BCUT2D eigenvalue weighted by molar-refractivity contribution is 5.95. The zero-order chi connectivity index (χ0) is 28.2. The summed E-state index contributed by atoms with van der Waals surface area (Å²) in [4.78, 5) is 31.6. The van der Waals surface area contributed by atoms with Crippen molar-refractivity contribution < 1.29 is 4.79 Å². The molecular formula is C31H24N10O. The van der Waals surface area contributed by atoms with Crippen LogP contribution in [0.2, 0.25) is 0 Å². The van der Waals surface area contributed by atoms with E-state index in [1.165, 1.54) is 0 Å². The molecule has 204 valence electrons. The van der Waals surface area contributed by atoms with E-state index in [-0.39, 0.29) is 11.9 Å². The Labute approximate surface area is 239 Å². The molecule has 0 aliphatic heterocycles. The summed E-state index contributed by atoms with van der Waals surface area (Å²) in [6.07, 6.45) is 12.3. The summed E-state index contributed by atoms with van der Waals surface area (Å²) in [6.45, 7) is 0. The van der Waals surface area contributed by atoms with Crippen LogP contribution in [-0.4, -0.2) is 44.6 Å². The number of benzene rings is 1. The number of aryl methyl sites for hydroxylation is 1. The van der Waals surface area contributed by atoms with Gasteiger partial charge in [0.25, 0.3) is 5.91 Å². The molecule has 42 heavy (non-hydrogen) atoms. The Kier molecular flexibility index (Phi) is 5.36. The summed E-state index contributed by atoms with van der Waals surface area (Å²) in [7, 11) is 0. The van der Waals surface area contributed by atoms with E-state index in [9.17, 15) is 4.79 Å². The van der Waals surface area contributed by atoms with Crippen LogP contribution in [0.5, 0.6) is 0 Å². The fraction of sp³-hybridized carbons (Fsp3) is 0.0968. The molecule has 0 bridgehead atoms. The Balaban J connectivity index is 1.19. The van der Waals surface area contributed by atoms with Crippen LogP contribution in [0, 0.1) is 0 Å². The van der Waals surface area contributed by atoms with Crippen molar-refractivity contribution in [3.63, 3.8) is 0 Å². The third kappa shape index (κ3) is 3.90. The molecule has 1 aromatic carbocycles. The monoisotopic (exact) mass is 552 g/mol. The van der Waals surface area contributed by atoms with Crippen molar-refractivity contribution in [3.05, 3.63) is 115 Å². The minimum absolute atomic E-state index is 0.0879. The summed E-state index contributed by atoms with van der Waals surface area (Å²) in [5, 5.41) is 7.56. The van der Waals surface area contributed by atoms with Crippen LogP contribution in [0.3, 0.4) is 0 Å². The Morgan fingerprint density at radius 2 is 1.88 bits per heavy atom. The van der Waals surface area contributed by atoms with E-state index in [0.717, 1.165) is 46.4 Å². The van der Waals surface area contributed by atoms with Crippen LogP contribution >= 0.6 is 0 Å². The third-order valence-corrected chi connectivity index (χ3v) is 7.74. The van der Waals surface area contributed by atoms with Gasteiger partial charge in [0.15, 0.2) is 17.3 Å². The predicted octanol–water partition coefficient (Wildman–Crippen LogP) is 4.32. The molecule has 1 aliphatic rings. The molecule has 0 saturated heterocycles. The van der Waals surface area contributed by atoms with Gasteiger partial charge in [0, 0.05) is 48.4 Å². The van der Waals surface area contributed by atoms with E-state index >= 15 is 0 Å².